The lowest BCUT2D eigenvalue weighted by molar-refractivity contribution is 0.590. The molecule has 0 fully saturated rings. The third-order valence-corrected chi connectivity index (χ3v) is 2.76. The predicted molar refractivity (Wildman–Crippen MR) is 69.8 cm³/mol. The highest BCUT2D eigenvalue weighted by Gasteiger charge is 2.11. The minimum atomic E-state index is -0.609. The molecule has 0 aliphatic carbocycles. The largest absolute Gasteiger partial charge is 0.385 e. The Morgan fingerprint density at radius 1 is 1.17 bits per heavy atom. The summed E-state index contributed by atoms with van der Waals surface area (Å²) in [6, 6.07) is 4.06. The molecule has 1 N–H and O–H groups in total. The second kappa shape index (κ2) is 5.29. The lowest BCUT2D eigenvalue weighted by Crippen LogP contribution is -2.02. The van der Waals surface area contributed by atoms with Gasteiger partial charge in [-0.2, -0.15) is 0 Å². The lowest BCUT2D eigenvalue weighted by Gasteiger charge is -2.11. The van der Waals surface area contributed by atoms with E-state index < -0.39 is 11.6 Å². The van der Waals surface area contributed by atoms with Crippen molar-refractivity contribution >= 4 is 16.6 Å². The predicted octanol–water partition coefficient (Wildman–Crippen LogP) is 3.90. The summed E-state index contributed by atoms with van der Waals surface area (Å²) in [5, 5.41) is 3.63. The minimum Gasteiger partial charge on any atom is -0.385 e. The molecular formula is C14H16F2N2. The summed E-state index contributed by atoms with van der Waals surface area (Å²) in [4.78, 5) is 4.27. The number of hydrogen-bond acceptors (Lipinski definition) is 2. The van der Waals surface area contributed by atoms with E-state index in [9.17, 15) is 8.78 Å². The van der Waals surface area contributed by atoms with E-state index in [0.29, 0.717) is 11.9 Å². The third kappa shape index (κ3) is 2.42. The standard InChI is InChI=1S/C14H16F2N2/c1-3-5-10-8-13(17-4-2)11-6-9(15)7-12(16)14(11)18-10/h6-8H,3-5H2,1-2H3,(H,17,18). The van der Waals surface area contributed by atoms with E-state index in [1.54, 1.807) is 0 Å². The highest BCUT2D eigenvalue weighted by atomic mass is 19.1. The van der Waals surface area contributed by atoms with Crippen molar-refractivity contribution in [3.05, 3.63) is 35.5 Å². The number of nitrogens with one attached hydrogen (secondary N) is 1. The fourth-order valence-electron chi connectivity index (χ4n) is 2.03. The first-order valence-corrected chi connectivity index (χ1v) is 6.18. The van der Waals surface area contributed by atoms with Gasteiger partial charge in [0.15, 0.2) is 5.82 Å². The Kier molecular flexibility index (Phi) is 3.75. The van der Waals surface area contributed by atoms with Crippen molar-refractivity contribution in [2.45, 2.75) is 26.7 Å². The Labute approximate surface area is 105 Å². The van der Waals surface area contributed by atoms with Crippen LogP contribution in [-0.2, 0) is 6.42 Å². The van der Waals surface area contributed by atoms with Gasteiger partial charge in [-0.3, -0.25) is 0 Å². The number of rotatable bonds is 4. The van der Waals surface area contributed by atoms with Gasteiger partial charge in [0.05, 0.1) is 0 Å². The average Bonchev–Trinajstić information content (AvgIpc) is 2.31. The molecule has 4 heteroatoms. The van der Waals surface area contributed by atoms with Gasteiger partial charge in [0.25, 0.3) is 0 Å². The summed E-state index contributed by atoms with van der Waals surface area (Å²) in [6.07, 6.45) is 1.72. The van der Waals surface area contributed by atoms with Gasteiger partial charge in [0.1, 0.15) is 11.3 Å². The third-order valence-electron chi connectivity index (χ3n) is 2.76. The molecule has 1 aromatic heterocycles. The molecule has 0 saturated carbocycles. The molecule has 1 aromatic carbocycles. The van der Waals surface area contributed by atoms with E-state index in [4.69, 9.17) is 0 Å². The van der Waals surface area contributed by atoms with Crippen molar-refractivity contribution in [3.8, 4) is 0 Å². The SMILES string of the molecule is CCCc1cc(NCC)c2cc(F)cc(F)c2n1. The first kappa shape index (κ1) is 12.7. The molecule has 0 atom stereocenters. The number of aromatic nitrogens is 1. The molecule has 18 heavy (non-hydrogen) atoms. The Balaban J connectivity index is 2.68. The minimum absolute atomic E-state index is 0.235. The maximum absolute atomic E-state index is 13.8. The zero-order valence-corrected chi connectivity index (χ0v) is 10.6. The molecule has 2 nitrogen and oxygen atoms in total. The van der Waals surface area contributed by atoms with Crippen LogP contribution in [0.4, 0.5) is 14.5 Å². The molecule has 0 aliphatic heterocycles. The number of pyridine rings is 1. The fraction of sp³-hybridized carbons (Fsp3) is 0.357. The molecule has 0 aliphatic rings. The maximum atomic E-state index is 13.8. The molecule has 0 unspecified atom stereocenters. The molecule has 0 spiro atoms. The zero-order valence-electron chi connectivity index (χ0n) is 10.6. The lowest BCUT2D eigenvalue weighted by atomic mass is 10.1. The summed E-state index contributed by atoms with van der Waals surface area (Å²) in [6.45, 7) is 4.68. The summed E-state index contributed by atoms with van der Waals surface area (Å²) < 4.78 is 27.0. The zero-order chi connectivity index (χ0) is 13.1. The van der Waals surface area contributed by atoms with E-state index in [2.05, 4.69) is 10.3 Å². The number of benzene rings is 1. The molecule has 2 aromatic rings. The van der Waals surface area contributed by atoms with Gasteiger partial charge in [-0.25, -0.2) is 13.8 Å². The highest BCUT2D eigenvalue weighted by Crippen LogP contribution is 2.26. The molecule has 96 valence electrons. The van der Waals surface area contributed by atoms with Gasteiger partial charge in [0.2, 0.25) is 0 Å². The number of hydrogen-bond donors (Lipinski definition) is 1. The molecule has 1 heterocycles. The summed E-state index contributed by atoms with van der Waals surface area (Å²) in [7, 11) is 0. The van der Waals surface area contributed by atoms with Gasteiger partial charge in [0, 0.05) is 29.4 Å². The van der Waals surface area contributed by atoms with Gasteiger partial charge >= 0.3 is 0 Å². The van der Waals surface area contributed by atoms with E-state index in [0.717, 1.165) is 30.3 Å². The monoisotopic (exact) mass is 250 g/mol. The number of fused-ring (bicyclic) bond motifs is 1. The maximum Gasteiger partial charge on any atom is 0.152 e. The van der Waals surface area contributed by atoms with Crippen LogP contribution >= 0.6 is 0 Å². The van der Waals surface area contributed by atoms with Crippen molar-refractivity contribution in [1.82, 2.24) is 4.98 Å². The first-order chi connectivity index (χ1) is 8.65. The van der Waals surface area contributed by atoms with E-state index in [1.807, 2.05) is 19.9 Å². The van der Waals surface area contributed by atoms with Gasteiger partial charge in [-0.05, 0) is 25.5 Å². The van der Waals surface area contributed by atoms with Crippen molar-refractivity contribution in [1.29, 1.82) is 0 Å². The van der Waals surface area contributed by atoms with Crippen LogP contribution in [-0.4, -0.2) is 11.5 Å². The van der Waals surface area contributed by atoms with E-state index in [-0.39, 0.29) is 5.52 Å². The second-order valence-corrected chi connectivity index (χ2v) is 4.23. The van der Waals surface area contributed by atoms with Crippen molar-refractivity contribution in [2.24, 2.45) is 0 Å². The molecule has 0 amide bonds. The first-order valence-electron chi connectivity index (χ1n) is 6.18. The highest BCUT2D eigenvalue weighted by molar-refractivity contribution is 5.91. The fourth-order valence-corrected chi connectivity index (χ4v) is 2.03. The molecular weight excluding hydrogens is 234 g/mol. The number of anilines is 1. The Morgan fingerprint density at radius 2 is 1.94 bits per heavy atom. The van der Waals surface area contributed by atoms with Crippen LogP contribution in [0, 0.1) is 11.6 Å². The van der Waals surface area contributed by atoms with Crippen LogP contribution < -0.4 is 5.32 Å². The van der Waals surface area contributed by atoms with Crippen LogP contribution in [0.15, 0.2) is 18.2 Å². The Bertz CT molecular complexity index is 567. The summed E-state index contributed by atoms with van der Waals surface area (Å²) >= 11 is 0. The van der Waals surface area contributed by atoms with Crippen LogP contribution in [0.25, 0.3) is 10.9 Å². The summed E-state index contributed by atoms with van der Waals surface area (Å²) in [5.74, 6) is -1.19. The van der Waals surface area contributed by atoms with Gasteiger partial charge in [-0.1, -0.05) is 13.3 Å². The second-order valence-electron chi connectivity index (χ2n) is 4.23. The molecule has 2 rings (SSSR count). The smallest absolute Gasteiger partial charge is 0.152 e. The Morgan fingerprint density at radius 3 is 2.61 bits per heavy atom. The van der Waals surface area contributed by atoms with Crippen LogP contribution in [0.5, 0.6) is 0 Å². The normalized spacial score (nSPS) is 10.9. The van der Waals surface area contributed by atoms with E-state index >= 15 is 0 Å². The Hall–Kier alpha value is -1.71. The number of aryl methyl sites for hydroxylation is 1. The van der Waals surface area contributed by atoms with Crippen LogP contribution in [0.1, 0.15) is 26.0 Å². The van der Waals surface area contributed by atoms with Crippen molar-refractivity contribution < 1.29 is 8.78 Å². The van der Waals surface area contributed by atoms with Crippen LogP contribution in [0.3, 0.4) is 0 Å². The molecule has 0 saturated heterocycles. The number of halogens is 2. The van der Waals surface area contributed by atoms with Crippen LogP contribution in [0.2, 0.25) is 0 Å². The summed E-state index contributed by atoms with van der Waals surface area (Å²) in [5.41, 5.74) is 1.80. The van der Waals surface area contributed by atoms with Crippen molar-refractivity contribution in [3.63, 3.8) is 0 Å². The topological polar surface area (TPSA) is 24.9 Å². The average molecular weight is 250 g/mol. The quantitative estimate of drug-likeness (QED) is 0.890. The molecule has 0 radical (unpaired) electrons. The van der Waals surface area contributed by atoms with E-state index in [1.165, 1.54) is 6.07 Å². The van der Waals surface area contributed by atoms with Gasteiger partial charge in [-0.15, -0.1) is 0 Å². The van der Waals surface area contributed by atoms with Gasteiger partial charge < -0.3 is 5.32 Å². The van der Waals surface area contributed by atoms with Crippen molar-refractivity contribution in [2.75, 3.05) is 11.9 Å². The number of nitrogens with zero attached hydrogens (tertiary/aromatic N) is 1. The molecule has 0 bridgehead atoms.